The summed E-state index contributed by atoms with van der Waals surface area (Å²) in [6, 6.07) is 11.0. The molecule has 152 valence electrons. The van der Waals surface area contributed by atoms with Crippen molar-refractivity contribution >= 4 is 28.5 Å². The van der Waals surface area contributed by atoms with Gasteiger partial charge in [-0.25, -0.2) is 4.98 Å². The van der Waals surface area contributed by atoms with E-state index in [1.165, 1.54) is 0 Å². The number of imidazole rings is 1. The molecule has 1 aliphatic carbocycles. The van der Waals surface area contributed by atoms with E-state index >= 15 is 0 Å². The second-order valence-electron chi connectivity index (χ2n) is 7.42. The quantitative estimate of drug-likeness (QED) is 0.636. The molecule has 4 rings (SSSR count). The molecule has 1 saturated carbocycles. The van der Waals surface area contributed by atoms with Gasteiger partial charge >= 0.3 is 0 Å². The molecule has 7 heteroatoms. The van der Waals surface area contributed by atoms with E-state index in [9.17, 15) is 4.79 Å². The summed E-state index contributed by atoms with van der Waals surface area (Å²) in [6.07, 6.45) is 3.89. The van der Waals surface area contributed by atoms with Gasteiger partial charge in [0.05, 0.1) is 25.3 Å². The Labute approximate surface area is 174 Å². The number of hydrogen-bond donors (Lipinski definition) is 2. The number of hydrogen-bond acceptors (Lipinski definition) is 4. The van der Waals surface area contributed by atoms with E-state index in [4.69, 9.17) is 26.1 Å². The SMILES string of the molecule is COc1cc(OC)cc(C(=O)NC2CCCC(c3nc4cc(Cl)ccc4[nH]3)C2)c1. The number of aromatic nitrogens is 2. The standard InChI is InChI=1S/C22H24ClN3O3/c1-28-17-9-14(10-18(12-17)29-2)22(27)24-16-5-3-4-13(8-16)21-25-19-7-6-15(23)11-20(19)26-21/h6-7,9-13,16H,3-5,8H2,1-2H3,(H,24,27)(H,25,26). The summed E-state index contributed by atoms with van der Waals surface area (Å²) < 4.78 is 10.5. The van der Waals surface area contributed by atoms with Gasteiger partial charge in [-0.3, -0.25) is 4.79 Å². The second-order valence-corrected chi connectivity index (χ2v) is 7.86. The lowest BCUT2D eigenvalue weighted by Crippen LogP contribution is -2.38. The number of halogens is 1. The number of carbonyl (C=O) groups is 1. The number of aromatic amines is 1. The van der Waals surface area contributed by atoms with Crippen LogP contribution in [0.5, 0.6) is 11.5 Å². The van der Waals surface area contributed by atoms with Crippen molar-refractivity contribution < 1.29 is 14.3 Å². The molecule has 1 amide bonds. The average molecular weight is 414 g/mol. The molecule has 2 N–H and O–H groups in total. The summed E-state index contributed by atoms with van der Waals surface area (Å²) >= 11 is 6.08. The summed E-state index contributed by atoms with van der Waals surface area (Å²) in [6.45, 7) is 0. The molecular formula is C22H24ClN3O3. The third-order valence-electron chi connectivity index (χ3n) is 5.47. The first-order chi connectivity index (χ1) is 14.1. The number of rotatable bonds is 5. The van der Waals surface area contributed by atoms with Crippen LogP contribution < -0.4 is 14.8 Å². The Hall–Kier alpha value is -2.73. The zero-order chi connectivity index (χ0) is 20.4. The zero-order valence-electron chi connectivity index (χ0n) is 16.5. The first kappa shape index (κ1) is 19.6. The first-order valence-corrected chi connectivity index (χ1v) is 10.1. The van der Waals surface area contributed by atoms with Gasteiger partial charge in [-0.15, -0.1) is 0 Å². The fraction of sp³-hybridized carbons (Fsp3) is 0.364. The van der Waals surface area contributed by atoms with E-state index in [0.717, 1.165) is 42.5 Å². The van der Waals surface area contributed by atoms with Gasteiger partial charge in [0.15, 0.2) is 0 Å². The van der Waals surface area contributed by atoms with Crippen molar-refractivity contribution in [2.75, 3.05) is 14.2 Å². The van der Waals surface area contributed by atoms with Gasteiger partial charge in [-0.05, 0) is 49.6 Å². The average Bonchev–Trinajstić information content (AvgIpc) is 3.16. The van der Waals surface area contributed by atoms with Crippen LogP contribution in [0.1, 0.15) is 47.8 Å². The van der Waals surface area contributed by atoms with Crippen LogP contribution >= 0.6 is 11.6 Å². The molecule has 2 atom stereocenters. The minimum Gasteiger partial charge on any atom is -0.497 e. The Morgan fingerprint density at radius 1 is 1.14 bits per heavy atom. The monoisotopic (exact) mass is 413 g/mol. The van der Waals surface area contributed by atoms with Crippen molar-refractivity contribution in [1.82, 2.24) is 15.3 Å². The number of nitrogens with zero attached hydrogens (tertiary/aromatic N) is 1. The first-order valence-electron chi connectivity index (χ1n) is 9.75. The zero-order valence-corrected chi connectivity index (χ0v) is 17.3. The molecule has 0 spiro atoms. The number of nitrogens with one attached hydrogen (secondary N) is 2. The largest absolute Gasteiger partial charge is 0.497 e. The molecule has 1 fully saturated rings. The summed E-state index contributed by atoms with van der Waals surface area (Å²) in [5.74, 6) is 2.31. The van der Waals surface area contributed by atoms with Crippen molar-refractivity contribution in [3.63, 3.8) is 0 Å². The smallest absolute Gasteiger partial charge is 0.251 e. The van der Waals surface area contributed by atoms with Crippen LogP contribution in [-0.2, 0) is 0 Å². The molecule has 0 radical (unpaired) electrons. The number of ether oxygens (including phenoxy) is 2. The number of methoxy groups -OCH3 is 2. The van der Waals surface area contributed by atoms with E-state index < -0.39 is 0 Å². The normalized spacial score (nSPS) is 19.1. The van der Waals surface area contributed by atoms with Gasteiger partial charge in [0, 0.05) is 28.6 Å². The highest BCUT2D eigenvalue weighted by atomic mass is 35.5. The number of H-pyrrole nitrogens is 1. The summed E-state index contributed by atoms with van der Waals surface area (Å²) in [5, 5.41) is 3.85. The highest BCUT2D eigenvalue weighted by Gasteiger charge is 2.27. The van der Waals surface area contributed by atoms with Crippen LogP contribution in [0.4, 0.5) is 0 Å². The van der Waals surface area contributed by atoms with Crippen LogP contribution in [0.25, 0.3) is 11.0 Å². The molecule has 1 aliphatic rings. The van der Waals surface area contributed by atoms with Crippen molar-refractivity contribution in [3.8, 4) is 11.5 Å². The molecule has 2 aromatic carbocycles. The topological polar surface area (TPSA) is 76.2 Å². The summed E-state index contributed by atoms with van der Waals surface area (Å²) in [5.41, 5.74) is 2.39. The fourth-order valence-corrected chi connectivity index (χ4v) is 4.13. The van der Waals surface area contributed by atoms with Gasteiger partial charge in [0.2, 0.25) is 0 Å². The lowest BCUT2D eigenvalue weighted by Gasteiger charge is -2.28. The minimum atomic E-state index is -0.121. The Bertz CT molecular complexity index is 1010. The molecule has 6 nitrogen and oxygen atoms in total. The van der Waals surface area contributed by atoms with E-state index in [-0.39, 0.29) is 17.9 Å². The maximum Gasteiger partial charge on any atom is 0.251 e. The molecule has 0 saturated heterocycles. The number of benzene rings is 2. The van der Waals surface area contributed by atoms with Crippen LogP contribution in [0, 0.1) is 0 Å². The second kappa shape index (κ2) is 8.33. The van der Waals surface area contributed by atoms with Crippen molar-refractivity contribution in [1.29, 1.82) is 0 Å². The van der Waals surface area contributed by atoms with Gasteiger partial charge < -0.3 is 19.8 Å². The van der Waals surface area contributed by atoms with E-state index in [1.807, 2.05) is 18.2 Å². The lowest BCUT2D eigenvalue weighted by atomic mass is 9.85. The lowest BCUT2D eigenvalue weighted by molar-refractivity contribution is 0.0924. The molecule has 3 aromatic rings. The fourth-order valence-electron chi connectivity index (χ4n) is 3.97. The Morgan fingerprint density at radius 3 is 2.62 bits per heavy atom. The summed E-state index contributed by atoms with van der Waals surface area (Å²) in [4.78, 5) is 21.0. The van der Waals surface area contributed by atoms with Gasteiger partial charge in [-0.2, -0.15) is 0 Å². The predicted molar refractivity (Wildman–Crippen MR) is 113 cm³/mol. The van der Waals surface area contributed by atoms with Crippen molar-refractivity contribution in [2.24, 2.45) is 0 Å². The van der Waals surface area contributed by atoms with Gasteiger partial charge in [-0.1, -0.05) is 18.0 Å². The van der Waals surface area contributed by atoms with Gasteiger partial charge in [0.25, 0.3) is 5.91 Å². The maximum absolute atomic E-state index is 12.8. The molecule has 1 heterocycles. The third-order valence-corrected chi connectivity index (χ3v) is 5.71. The molecule has 0 bridgehead atoms. The highest BCUT2D eigenvalue weighted by molar-refractivity contribution is 6.31. The molecule has 2 unspecified atom stereocenters. The van der Waals surface area contributed by atoms with Crippen LogP contribution in [0.15, 0.2) is 36.4 Å². The van der Waals surface area contributed by atoms with Gasteiger partial charge in [0.1, 0.15) is 17.3 Å². The minimum absolute atomic E-state index is 0.0928. The Balaban J connectivity index is 1.47. The van der Waals surface area contributed by atoms with E-state index in [0.29, 0.717) is 22.1 Å². The van der Waals surface area contributed by atoms with E-state index in [2.05, 4.69) is 10.3 Å². The van der Waals surface area contributed by atoms with Crippen LogP contribution in [0.2, 0.25) is 5.02 Å². The van der Waals surface area contributed by atoms with Crippen LogP contribution in [-0.4, -0.2) is 36.1 Å². The molecule has 29 heavy (non-hydrogen) atoms. The van der Waals surface area contributed by atoms with Crippen molar-refractivity contribution in [2.45, 2.75) is 37.6 Å². The Morgan fingerprint density at radius 2 is 1.90 bits per heavy atom. The molecular weight excluding hydrogens is 390 g/mol. The van der Waals surface area contributed by atoms with Crippen molar-refractivity contribution in [3.05, 3.63) is 52.8 Å². The number of fused-ring (bicyclic) bond motifs is 1. The predicted octanol–water partition coefficient (Wildman–Crippen LogP) is 4.69. The maximum atomic E-state index is 12.8. The van der Waals surface area contributed by atoms with E-state index in [1.54, 1.807) is 32.4 Å². The highest BCUT2D eigenvalue weighted by Crippen LogP contribution is 2.33. The third kappa shape index (κ3) is 4.32. The number of amides is 1. The summed E-state index contributed by atoms with van der Waals surface area (Å²) in [7, 11) is 3.14. The molecule has 0 aliphatic heterocycles. The Kier molecular flexibility index (Phi) is 5.62. The number of carbonyl (C=O) groups excluding carboxylic acids is 1. The van der Waals surface area contributed by atoms with Crippen LogP contribution in [0.3, 0.4) is 0 Å². The molecule has 1 aromatic heterocycles.